The average molecular weight is 234 g/mol. The summed E-state index contributed by atoms with van der Waals surface area (Å²) in [5.41, 5.74) is 0.516. The molecule has 0 N–H and O–H groups in total. The zero-order valence-electron chi connectivity index (χ0n) is 10.7. The normalized spacial score (nSPS) is 23.3. The first kappa shape index (κ1) is 12.0. The molecule has 0 bridgehead atoms. The molecule has 4 nitrogen and oxygen atoms in total. The number of ether oxygens (including phenoxy) is 1. The summed E-state index contributed by atoms with van der Waals surface area (Å²) < 4.78 is 5.35. The van der Waals surface area contributed by atoms with Crippen LogP contribution in [0.2, 0.25) is 0 Å². The van der Waals surface area contributed by atoms with Crippen LogP contribution in [0.1, 0.15) is 44.6 Å². The van der Waals surface area contributed by atoms with Crippen molar-refractivity contribution in [3.05, 3.63) is 23.8 Å². The predicted octanol–water partition coefficient (Wildman–Crippen LogP) is 2.23. The Kier molecular flexibility index (Phi) is 2.89. The fourth-order valence-corrected chi connectivity index (χ4v) is 1.77. The van der Waals surface area contributed by atoms with Gasteiger partial charge in [0.15, 0.2) is 0 Å². The quantitative estimate of drug-likeness (QED) is 0.736. The Morgan fingerprint density at radius 1 is 1.47 bits per heavy atom. The summed E-state index contributed by atoms with van der Waals surface area (Å²) in [5.74, 6) is 0.717. The number of carbonyl (C=O) groups excluding carboxylic acids is 1. The van der Waals surface area contributed by atoms with Crippen LogP contribution in [0.25, 0.3) is 0 Å². The number of hydrogen-bond acceptors (Lipinski definition) is 4. The number of rotatable bonds is 2. The van der Waals surface area contributed by atoms with Crippen molar-refractivity contribution in [1.29, 1.82) is 0 Å². The van der Waals surface area contributed by atoms with Gasteiger partial charge in [0.1, 0.15) is 11.4 Å². The van der Waals surface area contributed by atoms with Gasteiger partial charge < -0.3 is 4.74 Å². The van der Waals surface area contributed by atoms with Crippen LogP contribution in [0.3, 0.4) is 0 Å². The van der Waals surface area contributed by atoms with Crippen LogP contribution in [0, 0.1) is 12.8 Å². The molecule has 0 unspecified atom stereocenters. The van der Waals surface area contributed by atoms with Gasteiger partial charge >= 0.3 is 5.97 Å². The Labute approximate surface area is 101 Å². The van der Waals surface area contributed by atoms with Crippen LogP contribution in [0.4, 0.5) is 0 Å². The van der Waals surface area contributed by atoms with E-state index < -0.39 is 5.60 Å². The maximum atomic E-state index is 11.8. The summed E-state index contributed by atoms with van der Waals surface area (Å²) in [5, 5.41) is 0. The van der Waals surface area contributed by atoms with E-state index in [9.17, 15) is 4.79 Å². The Bertz CT molecular complexity index is 437. The second-order valence-electron chi connectivity index (χ2n) is 5.54. The number of nitrogens with zero attached hydrogens (tertiary/aromatic N) is 2. The predicted molar refractivity (Wildman–Crippen MR) is 63.5 cm³/mol. The van der Waals surface area contributed by atoms with Crippen LogP contribution in [0.5, 0.6) is 0 Å². The summed E-state index contributed by atoms with van der Waals surface area (Å²) in [6.45, 7) is 7.57. The van der Waals surface area contributed by atoms with Gasteiger partial charge in [0, 0.05) is 17.8 Å². The molecule has 1 saturated carbocycles. The maximum absolute atomic E-state index is 11.8. The van der Waals surface area contributed by atoms with Gasteiger partial charge in [-0.15, -0.1) is 0 Å². The first-order valence-corrected chi connectivity index (χ1v) is 5.89. The van der Waals surface area contributed by atoms with E-state index in [-0.39, 0.29) is 17.8 Å². The van der Waals surface area contributed by atoms with Crippen LogP contribution in [0.15, 0.2) is 12.3 Å². The summed E-state index contributed by atoms with van der Waals surface area (Å²) in [6.07, 6.45) is 2.54. The SMILES string of the molecule is Cc1ccnc([C@H]2C[C@@H]2C(=O)OC(C)(C)C)n1. The molecule has 2 atom stereocenters. The highest BCUT2D eigenvalue weighted by atomic mass is 16.6. The minimum Gasteiger partial charge on any atom is -0.460 e. The largest absolute Gasteiger partial charge is 0.460 e. The monoisotopic (exact) mass is 234 g/mol. The number of carbonyl (C=O) groups is 1. The topological polar surface area (TPSA) is 52.1 Å². The molecule has 1 aromatic heterocycles. The minimum atomic E-state index is -0.419. The van der Waals surface area contributed by atoms with E-state index in [1.54, 1.807) is 6.20 Å². The van der Waals surface area contributed by atoms with Crippen molar-refractivity contribution in [3.63, 3.8) is 0 Å². The molecule has 1 fully saturated rings. The lowest BCUT2D eigenvalue weighted by Crippen LogP contribution is -2.25. The summed E-state index contributed by atoms with van der Waals surface area (Å²) in [6, 6.07) is 1.86. The molecule has 0 saturated heterocycles. The Morgan fingerprint density at radius 3 is 2.76 bits per heavy atom. The minimum absolute atomic E-state index is 0.0592. The molecule has 4 heteroatoms. The molecule has 1 aliphatic rings. The van der Waals surface area contributed by atoms with Crippen LogP contribution < -0.4 is 0 Å². The van der Waals surface area contributed by atoms with Gasteiger partial charge in [-0.1, -0.05) is 0 Å². The molecule has 1 aliphatic carbocycles. The van der Waals surface area contributed by atoms with Crippen molar-refractivity contribution in [2.75, 3.05) is 0 Å². The van der Waals surface area contributed by atoms with Crippen molar-refractivity contribution in [1.82, 2.24) is 9.97 Å². The molecule has 0 radical (unpaired) electrons. The van der Waals surface area contributed by atoms with Crippen LogP contribution in [-0.2, 0) is 9.53 Å². The standard InChI is InChI=1S/C13H18N2O2/c1-8-5-6-14-11(15-8)9-7-10(9)12(16)17-13(2,3)4/h5-6,9-10H,7H2,1-4H3/t9-,10-/m0/s1. The van der Waals surface area contributed by atoms with E-state index in [2.05, 4.69) is 9.97 Å². The van der Waals surface area contributed by atoms with Crippen molar-refractivity contribution in [2.24, 2.45) is 5.92 Å². The van der Waals surface area contributed by atoms with Crippen molar-refractivity contribution in [3.8, 4) is 0 Å². The van der Waals surface area contributed by atoms with Crippen LogP contribution in [-0.4, -0.2) is 21.5 Å². The average Bonchev–Trinajstić information content (AvgIpc) is 2.94. The highest BCUT2D eigenvalue weighted by Crippen LogP contribution is 2.47. The molecule has 0 aromatic carbocycles. The molecule has 2 rings (SSSR count). The summed E-state index contributed by atoms with van der Waals surface area (Å²) in [7, 11) is 0. The number of esters is 1. The summed E-state index contributed by atoms with van der Waals surface area (Å²) >= 11 is 0. The van der Waals surface area contributed by atoms with Gasteiger partial charge in [-0.25, -0.2) is 9.97 Å². The summed E-state index contributed by atoms with van der Waals surface area (Å²) in [4.78, 5) is 20.4. The molecule has 17 heavy (non-hydrogen) atoms. The zero-order chi connectivity index (χ0) is 12.6. The van der Waals surface area contributed by atoms with E-state index in [0.29, 0.717) is 0 Å². The second kappa shape index (κ2) is 4.09. The number of aryl methyl sites for hydroxylation is 1. The third-order valence-corrected chi connectivity index (χ3v) is 2.65. The van der Waals surface area contributed by atoms with E-state index in [4.69, 9.17) is 4.74 Å². The molecular weight excluding hydrogens is 216 g/mol. The third-order valence-electron chi connectivity index (χ3n) is 2.65. The lowest BCUT2D eigenvalue weighted by atomic mass is 10.2. The fraction of sp³-hybridized carbons (Fsp3) is 0.615. The lowest BCUT2D eigenvalue weighted by molar-refractivity contribution is -0.156. The Morgan fingerprint density at radius 2 is 2.18 bits per heavy atom. The van der Waals surface area contributed by atoms with Gasteiger partial charge in [0.25, 0.3) is 0 Å². The van der Waals surface area contributed by atoms with Gasteiger partial charge in [-0.05, 0) is 40.2 Å². The highest BCUT2D eigenvalue weighted by Gasteiger charge is 2.48. The van der Waals surface area contributed by atoms with E-state index in [0.717, 1.165) is 17.9 Å². The Hall–Kier alpha value is -1.45. The number of aromatic nitrogens is 2. The van der Waals surface area contributed by atoms with Crippen molar-refractivity contribution >= 4 is 5.97 Å². The van der Waals surface area contributed by atoms with E-state index >= 15 is 0 Å². The first-order chi connectivity index (χ1) is 7.87. The van der Waals surface area contributed by atoms with Gasteiger partial charge in [0.2, 0.25) is 0 Å². The fourth-order valence-electron chi connectivity index (χ4n) is 1.77. The van der Waals surface area contributed by atoms with E-state index in [1.165, 1.54) is 0 Å². The lowest BCUT2D eigenvalue weighted by Gasteiger charge is -2.19. The van der Waals surface area contributed by atoms with Gasteiger partial charge in [-0.2, -0.15) is 0 Å². The molecule has 1 heterocycles. The first-order valence-electron chi connectivity index (χ1n) is 5.89. The van der Waals surface area contributed by atoms with Crippen molar-refractivity contribution in [2.45, 2.75) is 45.6 Å². The molecular formula is C13H18N2O2. The smallest absolute Gasteiger partial charge is 0.310 e. The second-order valence-corrected chi connectivity index (χ2v) is 5.54. The Balaban J connectivity index is 1.99. The molecule has 92 valence electrons. The third kappa shape index (κ3) is 3.02. The van der Waals surface area contributed by atoms with Gasteiger partial charge in [-0.3, -0.25) is 4.79 Å². The zero-order valence-corrected chi connectivity index (χ0v) is 10.7. The molecule has 0 spiro atoms. The molecule has 0 aliphatic heterocycles. The number of hydrogen-bond donors (Lipinski definition) is 0. The van der Waals surface area contributed by atoms with E-state index in [1.807, 2.05) is 33.8 Å². The molecule has 1 aromatic rings. The molecule has 0 amide bonds. The van der Waals surface area contributed by atoms with Crippen molar-refractivity contribution < 1.29 is 9.53 Å². The maximum Gasteiger partial charge on any atom is 0.310 e. The van der Waals surface area contributed by atoms with Gasteiger partial charge in [0.05, 0.1) is 5.92 Å². The highest BCUT2D eigenvalue weighted by molar-refractivity contribution is 5.77. The van der Waals surface area contributed by atoms with Crippen LogP contribution >= 0.6 is 0 Å².